The Morgan fingerprint density at radius 1 is 1.21 bits per heavy atom. The van der Waals surface area contributed by atoms with E-state index in [0.717, 1.165) is 26.7 Å². The smallest absolute Gasteiger partial charge is 0.343 e. The summed E-state index contributed by atoms with van der Waals surface area (Å²) >= 11 is 0. The second-order valence-electron chi connectivity index (χ2n) is 5.57. The zero-order chi connectivity index (χ0) is 16.7. The number of rotatable bonds is 3. The van der Waals surface area contributed by atoms with Gasteiger partial charge in [-0.2, -0.15) is 0 Å². The molecular weight excluding hydrogens is 310 g/mol. The lowest BCUT2D eigenvalue weighted by Crippen LogP contribution is -2.44. The van der Waals surface area contributed by atoms with Gasteiger partial charge in [-0.15, -0.1) is 0 Å². The van der Waals surface area contributed by atoms with Crippen molar-refractivity contribution in [2.24, 2.45) is 0 Å². The normalized spacial score (nSPS) is 14.4. The first-order valence-corrected chi connectivity index (χ1v) is 7.40. The Kier molecular flexibility index (Phi) is 3.19. The van der Waals surface area contributed by atoms with Crippen LogP contribution >= 0.6 is 0 Å². The van der Waals surface area contributed by atoms with Gasteiger partial charge in [0.25, 0.3) is 0 Å². The first-order valence-electron chi connectivity index (χ1n) is 7.40. The number of hydrazine groups is 1. The van der Waals surface area contributed by atoms with Crippen LogP contribution in [-0.4, -0.2) is 29.4 Å². The number of hydrogen-bond donors (Lipinski definition) is 2. The van der Waals surface area contributed by atoms with Crippen LogP contribution < -0.4 is 10.7 Å². The van der Waals surface area contributed by atoms with Gasteiger partial charge in [0.15, 0.2) is 0 Å². The Hall–Kier alpha value is -3.35. The molecule has 1 aliphatic rings. The minimum absolute atomic E-state index is 0.0407. The standard InChI is InChI=1S/C17H13N3O4/c21-14(19-20-8-15(22)18-17(20)23)7-11-9-24-13-6-5-10-3-1-2-4-12(10)16(11)13/h1-6,9H,7-8H2,(H,19,21)(H,18,22,23). The number of carbonyl (C=O) groups is 3. The maximum atomic E-state index is 12.2. The van der Waals surface area contributed by atoms with Crippen molar-refractivity contribution in [2.75, 3.05) is 6.54 Å². The molecule has 0 radical (unpaired) electrons. The van der Waals surface area contributed by atoms with Crippen molar-refractivity contribution < 1.29 is 18.8 Å². The van der Waals surface area contributed by atoms with Gasteiger partial charge in [-0.3, -0.25) is 20.3 Å². The molecule has 1 saturated heterocycles. The highest BCUT2D eigenvalue weighted by molar-refractivity contribution is 6.08. The molecule has 0 saturated carbocycles. The van der Waals surface area contributed by atoms with Crippen LogP contribution in [0, 0.1) is 0 Å². The molecule has 3 aromatic rings. The van der Waals surface area contributed by atoms with Gasteiger partial charge in [-0.05, 0) is 16.8 Å². The maximum Gasteiger partial charge on any atom is 0.343 e. The zero-order valence-electron chi connectivity index (χ0n) is 12.5. The van der Waals surface area contributed by atoms with Crippen molar-refractivity contribution >= 4 is 39.6 Å². The van der Waals surface area contributed by atoms with Crippen molar-refractivity contribution in [2.45, 2.75) is 6.42 Å². The predicted molar refractivity (Wildman–Crippen MR) is 85.8 cm³/mol. The van der Waals surface area contributed by atoms with Crippen LogP contribution in [0.4, 0.5) is 4.79 Å². The monoisotopic (exact) mass is 323 g/mol. The Morgan fingerprint density at radius 3 is 2.83 bits per heavy atom. The summed E-state index contributed by atoms with van der Waals surface area (Å²) in [6, 6.07) is 11.0. The second-order valence-corrected chi connectivity index (χ2v) is 5.57. The number of carbonyl (C=O) groups excluding carboxylic acids is 3. The average Bonchev–Trinajstić information content (AvgIpc) is 3.11. The molecule has 0 unspecified atom stereocenters. The Morgan fingerprint density at radius 2 is 2.04 bits per heavy atom. The summed E-state index contributed by atoms with van der Waals surface area (Å²) in [5.74, 6) is -0.837. The number of benzene rings is 2. The van der Waals surface area contributed by atoms with E-state index in [0.29, 0.717) is 5.58 Å². The molecule has 7 nitrogen and oxygen atoms in total. The van der Waals surface area contributed by atoms with Gasteiger partial charge in [0.1, 0.15) is 12.1 Å². The summed E-state index contributed by atoms with van der Waals surface area (Å²) in [6.45, 7) is -0.181. The summed E-state index contributed by atoms with van der Waals surface area (Å²) in [5, 5.41) is 6.00. The molecule has 24 heavy (non-hydrogen) atoms. The summed E-state index contributed by atoms with van der Waals surface area (Å²) in [5.41, 5.74) is 3.86. The third kappa shape index (κ3) is 2.36. The van der Waals surface area contributed by atoms with Crippen LogP contribution in [0.1, 0.15) is 5.56 Å². The SMILES string of the molecule is O=C1CN(NC(=O)Cc2coc3ccc4ccccc4c23)C(=O)N1. The molecule has 0 bridgehead atoms. The number of nitrogens with zero attached hydrogens (tertiary/aromatic N) is 1. The highest BCUT2D eigenvalue weighted by Crippen LogP contribution is 2.30. The number of imide groups is 1. The predicted octanol–water partition coefficient (Wildman–Crippen LogP) is 1.71. The van der Waals surface area contributed by atoms with Crippen molar-refractivity contribution in [3.63, 3.8) is 0 Å². The first-order chi connectivity index (χ1) is 11.6. The molecule has 0 atom stereocenters. The number of amides is 4. The van der Waals surface area contributed by atoms with E-state index in [1.54, 1.807) is 6.26 Å². The maximum absolute atomic E-state index is 12.2. The minimum atomic E-state index is -0.629. The van der Waals surface area contributed by atoms with Crippen molar-refractivity contribution in [3.05, 3.63) is 48.2 Å². The third-order valence-electron chi connectivity index (χ3n) is 3.94. The molecule has 0 spiro atoms. The van der Waals surface area contributed by atoms with E-state index in [2.05, 4.69) is 10.7 Å². The first kappa shape index (κ1) is 14.3. The van der Waals surface area contributed by atoms with E-state index >= 15 is 0 Å². The molecule has 1 aliphatic heterocycles. The van der Waals surface area contributed by atoms with E-state index in [1.165, 1.54) is 0 Å². The number of fused-ring (bicyclic) bond motifs is 3. The molecule has 120 valence electrons. The quantitative estimate of drug-likeness (QED) is 0.718. The Labute approximate surface area is 136 Å². The van der Waals surface area contributed by atoms with E-state index in [4.69, 9.17) is 4.42 Å². The fourth-order valence-electron chi connectivity index (χ4n) is 2.90. The van der Waals surface area contributed by atoms with Gasteiger partial charge in [0, 0.05) is 10.9 Å². The summed E-state index contributed by atoms with van der Waals surface area (Å²) in [7, 11) is 0. The zero-order valence-corrected chi connectivity index (χ0v) is 12.5. The van der Waals surface area contributed by atoms with E-state index in [9.17, 15) is 14.4 Å². The molecule has 7 heteroatoms. The number of furan rings is 1. The molecule has 1 fully saturated rings. The summed E-state index contributed by atoms with van der Waals surface area (Å²) < 4.78 is 5.54. The fourth-order valence-corrected chi connectivity index (χ4v) is 2.90. The van der Waals surface area contributed by atoms with Gasteiger partial charge in [0.05, 0.1) is 12.7 Å². The number of hydrogen-bond acceptors (Lipinski definition) is 4. The van der Waals surface area contributed by atoms with Gasteiger partial charge in [-0.25, -0.2) is 9.80 Å². The Balaban J connectivity index is 1.63. The summed E-state index contributed by atoms with van der Waals surface area (Å²) in [6.07, 6.45) is 1.59. The third-order valence-corrected chi connectivity index (χ3v) is 3.94. The van der Waals surface area contributed by atoms with Crippen LogP contribution in [0.3, 0.4) is 0 Å². The van der Waals surface area contributed by atoms with Crippen LogP contribution in [0.25, 0.3) is 21.7 Å². The minimum Gasteiger partial charge on any atom is -0.464 e. The Bertz CT molecular complexity index is 992. The molecule has 4 rings (SSSR count). The highest BCUT2D eigenvalue weighted by Gasteiger charge is 2.28. The lowest BCUT2D eigenvalue weighted by atomic mass is 10.0. The average molecular weight is 323 g/mol. The van der Waals surface area contributed by atoms with Crippen molar-refractivity contribution in [3.8, 4) is 0 Å². The van der Waals surface area contributed by atoms with E-state index in [1.807, 2.05) is 36.4 Å². The van der Waals surface area contributed by atoms with E-state index < -0.39 is 17.8 Å². The van der Waals surface area contributed by atoms with Crippen molar-refractivity contribution in [1.82, 2.24) is 15.8 Å². The van der Waals surface area contributed by atoms with Gasteiger partial charge < -0.3 is 4.42 Å². The summed E-state index contributed by atoms with van der Waals surface area (Å²) in [4.78, 5) is 34.8. The van der Waals surface area contributed by atoms with Crippen LogP contribution in [0.5, 0.6) is 0 Å². The fraction of sp³-hybridized carbons (Fsp3) is 0.118. The molecule has 1 aromatic heterocycles. The van der Waals surface area contributed by atoms with Crippen molar-refractivity contribution in [1.29, 1.82) is 0 Å². The molecule has 0 aliphatic carbocycles. The molecule has 4 amide bonds. The lowest BCUT2D eigenvalue weighted by molar-refractivity contribution is -0.124. The van der Waals surface area contributed by atoms with Crippen LogP contribution in [0.2, 0.25) is 0 Å². The largest absolute Gasteiger partial charge is 0.464 e. The number of nitrogens with one attached hydrogen (secondary N) is 2. The topological polar surface area (TPSA) is 91.7 Å². The van der Waals surface area contributed by atoms with Gasteiger partial charge in [0.2, 0.25) is 11.8 Å². The molecule has 2 aromatic carbocycles. The lowest BCUT2D eigenvalue weighted by Gasteiger charge is -2.14. The van der Waals surface area contributed by atoms with Gasteiger partial charge >= 0.3 is 6.03 Å². The molecule has 2 N–H and O–H groups in total. The van der Waals surface area contributed by atoms with E-state index in [-0.39, 0.29) is 13.0 Å². The highest BCUT2D eigenvalue weighted by atomic mass is 16.3. The van der Waals surface area contributed by atoms with Crippen LogP contribution in [0.15, 0.2) is 47.1 Å². The number of urea groups is 1. The molecule has 2 heterocycles. The van der Waals surface area contributed by atoms with Crippen LogP contribution in [-0.2, 0) is 16.0 Å². The molecular formula is C17H13N3O4. The second kappa shape index (κ2) is 5.38. The van der Waals surface area contributed by atoms with Gasteiger partial charge in [-0.1, -0.05) is 30.3 Å².